The lowest BCUT2D eigenvalue weighted by atomic mass is 9.99. The van der Waals surface area contributed by atoms with Crippen LogP contribution in [0.25, 0.3) is 0 Å². The number of carbonyl (C=O) groups excluding carboxylic acids is 1. The largest absolute Gasteiger partial charge is 0.454 e. The van der Waals surface area contributed by atoms with Crippen molar-refractivity contribution in [1.82, 2.24) is 4.98 Å². The van der Waals surface area contributed by atoms with E-state index in [4.69, 9.17) is 9.47 Å². The number of fused-ring (bicyclic) bond motifs is 1. The Morgan fingerprint density at radius 3 is 2.64 bits per heavy atom. The van der Waals surface area contributed by atoms with Crippen LogP contribution in [0.1, 0.15) is 39.3 Å². The minimum atomic E-state index is -0.253. The van der Waals surface area contributed by atoms with Crippen molar-refractivity contribution in [2.45, 2.75) is 19.4 Å². The molecule has 0 aliphatic carbocycles. The topological polar surface area (TPSA) is 72.5 Å². The first kappa shape index (κ1) is 21.0. The number of hydrogen-bond acceptors (Lipinski definition) is 6. The van der Waals surface area contributed by atoms with E-state index in [9.17, 15) is 4.79 Å². The zero-order valence-electron chi connectivity index (χ0n) is 18.1. The number of rotatable bonds is 7. The number of carbonyl (C=O) groups is 1. The van der Waals surface area contributed by atoms with Gasteiger partial charge in [-0.25, -0.2) is 4.98 Å². The molecule has 1 atom stereocenters. The summed E-state index contributed by atoms with van der Waals surface area (Å²) in [6, 6.07) is 22.8. The molecule has 2 N–H and O–H groups in total. The minimum Gasteiger partial charge on any atom is -0.454 e. The number of ether oxygens (including phenoxy) is 2. The van der Waals surface area contributed by atoms with Crippen LogP contribution in [0.4, 0.5) is 10.8 Å². The lowest BCUT2D eigenvalue weighted by molar-refractivity contribution is 0.102. The summed E-state index contributed by atoms with van der Waals surface area (Å²) >= 11 is 1.59. The van der Waals surface area contributed by atoms with E-state index >= 15 is 0 Å². The molecule has 6 nitrogen and oxygen atoms in total. The van der Waals surface area contributed by atoms with E-state index in [0.717, 1.165) is 34.1 Å². The van der Waals surface area contributed by atoms with E-state index < -0.39 is 0 Å². The summed E-state index contributed by atoms with van der Waals surface area (Å²) < 4.78 is 11.1. The molecule has 0 saturated heterocycles. The maximum absolute atomic E-state index is 13.0. The number of thiophene rings is 1. The molecule has 5 rings (SSSR count). The van der Waals surface area contributed by atoms with Crippen molar-refractivity contribution in [1.29, 1.82) is 0 Å². The normalized spacial score (nSPS) is 12.9. The number of aryl methyl sites for hydroxylation is 1. The first-order valence-corrected chi connectivity index (χ1v) is 11.6. The number of benzene rings is 2. The van der Waals surface area contributed by atoms with Crippen LogP contribution >= 0.6 is 11.3 Å². The van der Waals surface area contributed by atoms with Crippen LogP contribution in [0, 0.1) is 0 Å². The molecular weight excluding hydrogens is 434 g/mol. The van der Waals surface area contributed by atoms with Gasteiger partial charge in [0.05, 0.1) is 6.04 Å². The molecule has 166 valence electrons. The van der Waals surface area contributed by atoms with Gasteiger partial charge in [-0.1, -0.05) is 37.3 Å². The van der Waals surface area contributed by atoms with Gasteiger partial charge in [-0.2, -0.15) is 0 Å². The molecule has 0 radical (unpaired) electrons. The minimum absolute atomic E-state index is 0.136. The quantitative estimate of drug-likeness (QED) is 0.362. The molecule has 2 aromatic heterocycles. The predicted molar refractivity (Wildman–Crippen MR) is 130 cm³/mol. The van der Waals surface area contributed by atoms with E-state index in [1.165, 1.54) is 4.88 Å². The van der Waals surface area contributed by atoms with Crippen LogP contribution in [-0.2, 0) is 6.42 Å². The second kappa shape index (κ2) is 9.34. The molecule has 0 bridgehead atoms. The van der Waals surface area contributed by atoms with Gasteiger partial charge in [0.2, 0.25) is 6.79 Å². The number of nitrogens with one attached hydrogen (secondary N) is 2. The van der Waals surface area contributed by atoms with E-state index in [1.54, 1.807) is 17.5 Å². The van der Waals surface area contributed by atoms with Crippen LogP contribution in [0.5, 0.6) is 11.5 Å². The van der Waals surface area contributed by atoms with Crippen molar-refractivity contribution < 1.29 is 14.3 Å². The van der Waals surface area contributed by atoms with Crippen LogP contribution < -0.4 is 20.1 Å². The molecule has 33 heavy (non-hydrogen) atoms. The molecule has 1 aliphatic heterocycles. The van der Waals surface area contributed by atoms with Gasteiger partial charge >= 0.3 is 0 Å². The molecule has 1 amide bonds. The van der Waals surface area contributed by atoms with Crippen LogP contribution in [-0.4, -0.2) is 17.7 Å². The third kappa shape index (κ3) is 4.54. The van der Waals surface area contributed by atoms with Gasteiger partial charge in [0.1, 0.15) is 10.8 Å². The smallest absolute Gasteiger partial charge is 0.256 e. The molecule has 0 spiro atoms. The summed E-state index contributed by atoms with van der Waals surface area (Å²) in [6.45, 7) is 2.33. The first-order chi connectivity index (χ1) is 16.2. The highest BCUT2D eigenvalue weighted by atomic mass is 32.1. The molecule has 4 aromatic rings. The summed E-state index contributed by atoms with van der Waals surface area (Å²) in [5.74, 6) is 2.04. The SMILES string of the molecule is CCc1cc([C@@H](Nc2ccccn2)c2ccc3c(c2)OCO3)c(NC(=O)c2ccccc2)s1. The van der Waals surface area contributed by atoms with Crippen molar-refractivity contribution in [3.05, 3.63) is 101 Å². The number of aromatic nitrogens is 1. The monoisotopic (exact) mass is 457 g/mol. The molecule has 0 saturated carbocycles. The van der Waals surface area contributed by atoms with E-state index in [-0.39, 0.29) is 18.7 Å². The van der Waals surface area contributed by atoms with Gasteiger partial charge in [0, 0.05) is 22.2 Å². The Morgan fingerprint density at radius 1 is 1.03 bits per heavy atom. The summed E-state index contributed by atoms with van der Waals surface area (Å²) in [7, 11) is 0. The standard InChI is InChI=1S/C26H23N3O3S/c1-2-19-15-20(26(33-19)29-25(30)17-8-4-3-5-9-17)24(28-23-10-6-7-13-27-23)18-11-12-21-22(14-18)32-16-31-21/h3-15,24H,2,16H2,1H3,(H,27,28)(H,29,30)/t24-/m0/s1. The Balaban J connectivity index is 1.55. The number of nitrogens with zero attached hydrogens (tertiary/aromatic N) is 1. The summed E-state index contributed by atoms with van der Waals surface area (Å²) in [6.07, 6.45) is 2.62. The summed E-state index contributed by atoms with van der Waals surface area (Å²) in [4.78, 5) is 18.6. The molecular formula is C26H23N3O3S. The van der Waals surface area contributed by atoms with E-state index in [0.29, 0.717) is 11.3 Å². The van der Waals surface area contributed by atoms with Crippen molar-refractivity contribution in [2.24, 2.45) is 0 Å². The number of anilines is 2. The first-order valence-electron chi connectivity index (χ1n) is 10.8. The van der Waals surface area contributed by atoms with Crippen molar-refractivity contribution in [3.8, 4) is 11.5 Å². The highest BCUT2D eigenvalue weighted by molar-refractivity contribution is 7.16. The maximum Gasteiger partial charge on any atom is 0.256 e. The van der Waals surface area contributed by atoms with Gasteiger partial charge < -0.3 is 20.1 Å². The van der Waals surface area contributed by atoms with Gasteiger partial charge in [0.15, 0.2) is 11.5 Å². The van der Waals surface area contributed by atoms with Crippen molar-refractivity contribution >= 4 is 28.1 Å². The van der Waals surface area contributed by atoms with Gasteiger partial charge in [-0.05, 0) is 54.4 Å². The lowest BCUT2D eigenvalue weighted by Gasteiger charge is -2.21. The number of hydrogen-bond donors (Lipinski definition) is 2. The number of amides is 1. The Hall–Kier alpha value is -3.84. The lowest BCUT2D eigenvalue weighted by Crippen LogP contribution is -2.17. The van der Waals surface area contributed by atoms with Crippen LogP contribution in [0.15, 0.2) is 79.0 Å². The molecule has 3 heterocycles. The fourth-order valence-electron chi connectivity index (χ4n) is 3.74. The van der Waals surface area contributed by atoms with Gasteiger partial charge in [-0.15, -0.1) is 11.3 Å². The number of pyridine rings is 1. The Kier molecular flexibility index (Phi) is 5.95. The molecule has 0 fully saturated rings. The van der Waals surface area contributed by atoms with E-state index in [2.05, 4.69) is 28.6 Å². The Labute approximate surface area is 196 Å². The Morgan fingerprint density at radius 2 is 1.85 bits per heavy atom. The van der Waals surface area contributed by atoms with Gasteiger partial charge in [0.25, 0.3) is 5.91 Å². The average Bonchev–Trinajstić information content (AvgIpc) is 3.50. The van der Waals surface area contributed by atoms with Crippen molar-refractivity contribution in [3.63, 3.8) is 0 Å². The fourth-order valence-corrected chi connectivity index (χ4v) is 4.77. The molecule has 0 unspecified atom stereocenters. The average molecular weight is 458 g/mol. The summed E-state index contributed by atoms with van der Waals surface area (Å²) in [5, 5.41) is 7.49. The maximum atomic E-state index is 13.0. The fraction of sp³-hybridized carbons (Fsp3) is 0.154. The highest BCUT2D eigenvalue weighted by Gasteiger charge is 2.25. The van der Waals surface area contributed by atoms with E-state index in [1.807, 2.05) is 66.7 Å². The third-order valence-electron chi connectivity index (χ3n) is 5.42. The van der Waals surface area contributed by atoms with Crippen LogP contribution in [0.2, 0.25) is 0 Å². The molecule has 7 heteroatoms. The third-order valence-corrected chi connectivity index (χ3v) is 6.63. The zero-order chi connectivity index (χ0) is 22.6. The predicted octanol–water partition coefficient (Wildman–Crippen LogP) is 5.89. The zero-order valence-corrected chi connectivity index (χ0v) is 18.9. The summed E-state index contributed by atoms with van der Waals surface area (Å²) in [5.41, 5.74) is 2.58. The Bertz CT molecular complexity index is 1260. The second-order valence-electron chi connectivity index (χ2n) is 7.58. The van der Waals surface area contributed by atoms with Crippen molar-refractivity contribution in [2.75, 3.05) is 17.4 Å². The van der Waals surface area contributed by atoms with Gasteiger partial charge in [-0.3, -0.25) is 4.79 Å². The van der Waals surface area contributed by atoms with Crippen LogP contribution in [0.3, 0.4) is 0 Å². The molecule has 2 aromatic carbocycles. The molecule has 1 aliphatic rings. The highest BCUT2D eigenvalue weighted by Crippen LogP contribution is 2.41. The second-order valence-corrected chi connectivity index (χ2v) is 8.71.